The molecule has 0 aliphatic carbocycles. The Balaban J connectivity index is 2.44. The van der Waals surface area contributed by atoms with E-state index in [0.29, 0.717) is 0 Å². The summed E-state index contributed by atoms with van der Waals surface area (Å²) in [6, 6.07) is 12.1. The Morgan fingerprint density at radius 3 is 1.40 bits per heavy atom. The quantitative estimate of drug-likeness (QED) is 0.875. The first-order valence-corrected chi connectivity index (χ1v) is 7.30. The minimum atomic E-state index is -0.446. The summed E-state index contributed by atoms with van der Waals surface area (Å²) >= 11 is 0. The van der Waals surface area contributed by atoms with Crippen molar-refractivity contribution < 1.29 is 10.2 Å². The highest BCUT2D eigenvalue weighted by atomic mass is 16.3. The molecule has 0 aliphatic heterocycles. The number of hydrogen-bond acceptors (Lipinski definition) is 2. The fourth-order valence-electron chi connectivity index (χ4n) is 2.42. The zero-order valence-corrected chi connectivity index (χ0v) is 12.7. The molecule has 2 unspecified atom stereocenters. The molecular weight excluding hydrogens is 248 g/mol. The van der Waals surface area contributed by atoms with Crippen molar-refractivity contribution >= 4 is 10.8 Å². The monoisotopic (exact) mass is 272 g/mol. The Labute approximate surface area is 121 Å². The number of rotatable bonds is 4. The highest BCUT2D eigenvalue weighted by Gasteiger charge is 2.14. The lowest BCUT2D eigenvalue weighted by molar-refractivity contribution is 0.127. The van der Waals surface area contributed by atoms with Gasteiger partial charge in [-0.25, -0.2) is 0 Å². The van der Waals surface area contributed by atoms with Gasteiger partial charge >= 0.3 is 0 Å². The molecule has 2 aromatic carbocycles. The van der Waals surface area contributed by atoms with E-state index in [1.807, 2.05) is 64.1 Å². The molecule has 0 bridgehead atoms. The van der Waals surface area contributed by atoms with E-state index >= 15 is 0 Å². The lowest BCUT2D eigenvalue weighted by atomic mass is 9.93. The molecule has 2 atom stereocenters. The molecule has 0 aliphatic rings. The lowest BCUT2D eigenvalue weighted by Crippen LogP contribution is -2.06. The Morgan fingerprint density at radius 2 is 1.05 bits per heavy atom. The van der Waals surface area contributed by atoms with Crippen LogP contribution in [-0.4, -0.2) is 10.2 Å². The largest absolute Gasteiger partial charge is 0.388 e. The van der Waals surface area contributed by atoms with E-state index in [1.54, 1.807) is 0 Å². The van der Waals surface area contributed by atoms with Crippen molar-refractivity contribution in [1.29, 1.82) is 0 Å². The second-order valence-electron chi connectivity index (χ2n) is 6.24. The fraction of sp³-hybridized carbons (Fsp3) is 0.444. The summed E-state index contributed by atoms with van der Waals surface area (Å²) in [5.74, 6) is 0.383. The third-order valence-corrected chi connectivity index (χ3v) is 3.83. The Bertz CT molecular complexity index is 538. The first kappa shape index (κ1) is 15.0. The summed E-state index contributed by atoms with van der Waals surface area (Å²) in [7, 11) is 0. The van der Waals surface area contributed by atoms with E-state index < -0.39 is 12.2 Å². The molecule has 2 heteroatoms. The first-order valence-electron chi connectivity index (χ1n) is 7.30. The van der Waals surface area contributed by atoms with Crippen LogP contribution < -0.4 is 0 Å². The van der Waals surface area contributed by atoms with Crippen molar-refractivity contribution in [3.8, 4) is 0 Å². The van der Waals surface area contributed by atoms with E-state index in [0.717, 1.165) is 21.9 Å². The van der Waals surface area contributed by atoms with Crippen molar-refractivity contribution in [2.24, 2.45) is 11.8 Å². The molecule has 2 aromatic rings. The summed E-state index contributed by atoms with van der Waals surface area (Å²) in [6.45, 7) is 8.03. The van der Waals surface area contributed by atoms with Gasteiger partial charge in [0.05, 0.1) is 12.2 Å². The van der Waals surface area contributed by atoms with Gasteiger partial charge in [0.25, 0.3) is 0 Å². The molecule has 0 aromatic heterocycles. The van der Waals surface area contributed by atoms with Gasteiger partial charge in [0.15, 0.2) is 0 Å². The summed E-state index contributed by atoms with van der Waals surface area (Å²) in [6.07, 6.45) is -0.892. The molecule has 0 saturated heterocycles. The zero-order valence-electron chi connectivity index (χ0n) is 12.7. The Hall–Kier alpha value is -1.38. The molecule has 20 heavy (non-hydrogen) atoms. The van der Waals surface area contributed by atoms with Crippen LogP contribution in [0.25, 0.3) is 10.8 Å². The fourth-order valence-corrected chi connectivity index (χ4v) is 2.42. The first-order chi connectivity index (χ1) is 9.40. The molecular formula is C18H24O2. The Kier molecular flexibility index (Phi) is 4.46. The molecule has 2 nitrogen and oxygen atoms in total. The van der Waals surface area contributed by atoms with Crippen LogP contribution in [0.2, 0.25) is 0 Å². The predicted molar refractivity (Wildman–Crippen MR) is 83.5 cm³/mol. The zero-order chi connectivity index (χ0) is 14.9. The molecule has 0 fully saturated rings. The molecule has 0 saturated carbocycles. The summed E-state index contributed by atoms with van der Waals surface area (Å²) in [5.41, 5.74) is 1.87. The molecule has 2 N–H and O–H groups in total. The summed E-state index contributed by atoms with van der Waals surface area (Å²) < 4.78 is 0. The second kappa shape index (κ2) is 5.94. The van der Waals surface area contributed by atoms with Gasteiger partial charge in [-0.1, -0.05) is 52.0 Å². The lowest BCUT2D eigenvalue weighted by Gasteiger charge is -2.17. The summed E-state index contributed by atoms with van der Waals surface area (Å²) in [4.78, 5) is 0. The molecule has 0 spiro atoms. The maximum absolute atomic E-state index is 10.2. The van der Waals surface area contributed by atoms with Crippen LogP contribution in [-0.2, 0) is 0 Å². The highest BCUT2D eigenvalue weighted by molar-refractivity contribution is 5.84. The van der Waals surface area contributed by atoms with Crippen LogP contribution in [0.15, 0.2) is 36.4 Å². The molecule has 0 heterocycles. The van der Waals surface area contributed by atoms with Gasteiger partial charge in [-0.15, -0.1) is 0 Å². The second-order valence-corrected chi connectivity index (χ2v) is 6.24. The number of hydrogen-bond donors (Lipinski definition) is 2. The summed E-state index contributed by atoms with van der Waals surface area (Å²) in [5, 5.41) is 22.5. The standard InChI is InChI=1S/C18H24O2/c1-11(2)17(19)14-7-5-13-6-8-15(10-16(13)9-14)18(20)12(3)4/h5-12,17-20H,1-4H3. The number of fused-ring (bicyclic) bond motifs is 1. The van der Waals surface area contributed by atoms with Crippen LogP contribution in [0.4, 0.5) is 0 Å². The van der Waals surface area contributed by atoms with Crippen molar-refractivity contribution in [2.75, 3.05) is 0 Å². The van der Waals surface area contributed by atoms with E-state index in [2.05, 4.69) is 0 Å². The van der Waals surface area contributed by atoms with Gasteiger partial charge in [0.2, 0.25) is 0 Å². The van der Waals surface area contributed by atoms with Crippen LogP contribution in [0.1, 0.15) is 51.0 Å². The van der Waals surface area contributed by atoms with Gasteiger partial charge in [-0.05, 0) is 45.9 Å². The van der Waals surface area contributed by atoms with Gasteiger partial charge in [-0.3, -0.25) is 0 Å². The number of benzene rings is 2. The van der Waals surface area contributed by atoms with E-state index in [9.17, 15) is 10.2 Å². The third-order valence-electron chi connectivity index (χ3n) is 3.83. The van der Waals surface area contributed by atoms with Gasteiger partial charge in [-0.2, -0.15) is 0 Å². The maximum Gasteiger partial charge on any atom is 0.0813 e. The molecule has 0 amide bonds. The SMILES string of the molecule is CC(C)C(O)c1ccc2ccc(C(O)C(C)C)cc2c1. The van der Waals surface area contributed by atoms with Crippen LogP contribution in [0, 0.1) is 11.8 Å². The topological polar surface area (TPSA) is 40.5 Å². The van der Waals surface area contributed by atoms with Gasteiger partial charge in [0.1, 0.15) is 0 Å². The minimum Gasteiger partial charge on any atom is -0.388 e. The van der Waals surface area contributed by atoms with Crippen LogP contribution >= 0.6 is 0 Å². The van der Waals surface area contributed by atoms with E-state index in [1.165, 1.54) is 0 Å². The van der Waals surface area contributed by atoms with Crippen molar-refractivity contribution in [2.45, 2.75) is 39.9 Å². The van der Waals surface area contributed by atoms with Crippen LogP contribution in [0.5, 0.6) is 0 Å². The average Bonchev–Trinajstić information content (AvgIpc) is 2.44. The third kappa shape index (κ3) is 3.02. The van der Waals surface area contributed by atoms with Crippen LogP contribution in [0.3, 0.4) is 0 Å². The van der Waals surface area contributed by atoms with Crippen molar-refractivity contribution in [3.63, 3.8) is 0 Å². The van der Waals surface area contributed by atoms with Gasteiger partial charge < -0.3 is 10.2 Å². The molecule has 0 radical (unpaired) electrons. The van der Waals surface area contributed by atoms with Crippen molar-refractivity contribution in [1.82, 2.24) is 0 Å². The number of aliphatic hydroxyl groups excluding tert-OH is 2. The normalized spacial score (nSPS) is 15.0. The van der Waals surface area contributed by atoms with E-state index in [4.69, 9.17) is 0 Å². The molecule has 108 valence electrons. The molecule has 2 rings (SSSR count). The minimum absolute atomic E-state index is 0.192. The number of aliphatic hydroxyl groups is 2. The highest BCUT2D eigenvalue weighted by Crippen LogP contribution is 2.28. The Morgan fingerprint density at radius 1 is 0.650 bits per heavy atom. The smallest absolute Gasteiger partial charge is 0.0813 e. The average molecular weight is 272 g/mol. The van der Waals surface area contributed by atoms with E-state index in [-0.39, 0.29) is 11.8 Å². The van der Waals surface area contributed by atoms with Crippen molar-refractivity contribution in [3.05, 3.63) is 47.5 Å². The maximum atomic E-state index is 10.2. The predicted octanol–water partition coefficient (Wildman–Crippen LogP) is 4.22. The van der Waals surface area contributed by atoms with Gasteiger partial charge in [0, 0.05) is 0 Å².